The number of carbonyl (C=O) groups is 1. The van der Waals surface area contributed by atoms with Gasteiger partial charge in [-0.05, 0) is 30.7 Å². The van der Waals surface area contributed by atoms with Crippen LogP contribution in [0.5, 0.6) is 5.75 Å². The van der Waals surface area contributed by atoms with Gasteiger partial charge in [-0.3, -0.25) is 14.8 Å². The normalized spacial score (nSPS) is 15.3. The lowest BCUT2D eigenvalue weighted by Gasteiger charge is -2.28. The monoisotopic (exact) mass is 404 g/mol. The van der Waals surface area contributed by atoms with Crippen molar-refractivity contribution in [1.29, 1.82) is 0 Å². The lowest BCUT2D eigenvalue weighted by atomic mass is 9.84. The van der Waals surface area contributed by atoms with Crippen molar-refractivity contribution in [1.82, 2.24) is 14.5 Å². The number of hydrogen-bond donors (Lipinski definition) is 1. The van der Waals surface area contributed by atoms with E-state index in [-0.39, 0.29) is 23.6 Å². The Morgan fingerprint density at radius 2 is 2.10 bits per heavy atom. The molecule has 1 atom stereocenters. The number of carbonyl (C=O) groups excluding carboxylic acids is 1. The third-order valence-corrected chi connectivity index (χ3v) is 5.04. The van der Waals surface area contributed by atoms with Crippen molar-refractivity contribution in [2.24, 2.45) is 5.73 Å². The molecule has 0 fully saturated rings. The van der Waals surface area contributed by atoms with E-state index in [9.17, 15) is 9.59 Å². The summed E-state index contributed by atoms with van der Waals surface area (Å²) in [6.07, 6.45) is 4.88. The van der Waals surface area contributed by atoms with Crippen LogP contribution in [0.1, 0.15) is 28.4 Å². The maximum atomic E-state index is 13.6. The summed E-state index contributed by atoms with van der Waals surface area (Å²) < 4.78 is 12.2. The summed E-state index contributed by atoms with van der Waals surface area (Å²) >= 11 is 0. The van der Waals surface area contributed by atoms with Crippen LogP contribution in [0.2, 0.25) is 0 Å². The molecule has 0 spiro atoms. The SMILES string of the molecule is COC(=O)C1=C(N)Oc2cc(C)n(Cc3ccccn3)c(=O)c2[C@H]1c1cccnc1. The van der Waals surface area contributed by atoms with Crippen molar-refractivity contribution in [2.75, 3.05) is 7.11 Å². The molecule has 0 aromatic carbocycles. The van der Waals surface area contributed by atoms with E-state index in [0.29, 0.717) is 22.6 Å². The molecule has 1 aliphatic rings. The largest absolute Gasteiger partial charge is 0.465 e. The van der Waals surface area contributed by atoms with Crippen LogP contribution in [0.25, 0.3) is 0 Å². The van der Waals surface area contributed by atoms with Crippen LogP contribution < -0.4 is 16.0 Å². The van der Waals surface area contributed by atoms with E-state index in [0.717, 1.165) is 5.69 Å². The van der Waals surface area contributed by atoms with Gasteiger partial charge >= 0.3 is 5.97 Å². The van der Waals surface area contributed by atoms with Crippen molar-refractivity contribution in [3.63, 3.8) is 0 Å². The summed E-state index contributed by atoms with van der Waals surface area (Å²) in [5.74, 6) is -1.21. The maximum absolute atomic E-state index is 13.6. The second kappa shape index (κ2) is 7.82. The van der Waals surface area contributed by atoms with E-state index in [1.165, 1.54) is 7.11 Å². The Kier molecular flexibility index (Phi) is 5.05. The molecular weight excluding hydrogens is 384 g/mol. The van der Waals surface area contributed by atoms with Crippen LogP contribution >= 0.6 is 0 Å². The molecule has 0 unspecified atom stereocenters. The quantitative estimate of drug-likeness (QED) is 0.661. The van der Waals surface area contributed by atoms with Crippen molar-refractivity contribution >= 4 is 5.97 Å². The Morgan fingerprint density at radius 3 is 2.77 bits per heavy atom. The fourth-order valence-corrected chi connectivity index (χ4v) is 3.63. The van der Waals surface area contributed by atoms with Gasteiger partial charge in [-0.2, -0.15) is 0 Å². The lowest BCUT2D eigenvalue weighted by Crippen LogP contribution is -2.35. The minimum Gasteiger partial charge on any atom is -0.465 e. The molecule has 3 aromatic rings. The lowest BCUT2D eigenvalue weighted by molar-refractivity contribution is -0.136. The first kappa shape index (κ1) is 19.4. The smallest absolute Gasteiger partial charge is 0.340 e. The highest BCUT2D eigenvalue weighted by molar-refractivity contribution is 5.92. The Balaban J connectivity index is 1.94. The van der Waals surface area contributed by atoms with Gasteiger partial charge in [0.05, 0.1) is 30.8 Å². The number of fused-ring (bicyclic) bond motifs is 1. The number of hydrogen-bond acceptors (Lipinski definition) is 7. The Hall–Kier alpha value is -3.94. The van der Waals surface area contributed by atoms with Crippen LogP contribution in [0.3, 0.4) is 0 Å². The van der Waals surface area contributed by atoms with Crippen molar-refractivity contribution in [2.45, 2.75) is 19.4 Å². The predicted molar refractivity (Wildman–Crippen MR) is 109 cm³/mol. The molecule has 152 valence electrons. The molecule has 0 saturated heterocycles. The molecule has 1 aliphatic heterocycles. The molecule has 2 N–H and O–H groups in total. The third kappa shape index (κ3) is 3.32. The van der Waals surface area contributed by atoms with Gasteiger partial charge in [0.1, 0.15) is 11.3 Å². The van der Waals surface area contributed by atoms with Crippen LogP contribution in [0.4, 0.5) is 0 Å². The van der Waals surface area contributed by atoms with Crippen LogP contribution in [-0.4, -0.2) is 27.6 Å². The Labute approximate surface area is 172 Å². The number of aryl methyl sites for hydroxylation is 1. The fourth-order valence-electron chi connectivity index (χ4n) is 3.63. The summed E-state index contributed by atoms with van der Waals surface area (Å²) in [7, 11) is 1.26. The second-order valence-corrected chi connectivity index (χ2v) is 6.87. The number of nitrogens with zero attached hydrogens (tertiary/aromatic N) is 3. The average molecular weight is 404 g/mol. The van der Waals surface area contributed by atoms with E-state index in [4.69, 9.17) is 15.2 Å². The molecule has 0 aliphatic carbocycles. The molecule has 0 saturated carbocycles. The predicted octanol–water partition coefficient (Wildman–Crippen LogP) is 1.86. The highest BCUT2D eigenvalue weighted by Crippen LogP contribution is 2.40. The van der Waals surface area contributed by atoms with Gasteiger partial charge in [0.2, 0.25) is 5.88 Å². The van der Waals surface area contributed by atoms with Gasteiger partial charge < -0.3 is 19.8 Å². The summed E-state index contributed by atoms with van der Waals surface area (Å²) in [5.41, 5.74) is 8.22. The van der Waals surface area contributed by atoms with Gasteiger partial charge in [-0.25, -0.2) is 4.79 Å². The van der Waals surface area contributed by atoms with Gasteiger partial charge in [-0.1, -0.05) is 12.1 Å². The van der Waals surface area contributed by atoms with Crippen molar-refractivity contribution in [3.8, 4) is 5.75 Å². The molecule has 4 heterocycles. The zero-order valence-corrected chi connectivity index (χ0v) is 16.5. The number of rotatable bonds is 4. The van der Waals surface area contributed by atoms with Gasteiger partial charge in [0, 0.05) is 30.4 Å². The first-order valence-corrected chi connectivity index (χ1v) is 9.31. The zero-order valence-electron chi connectivity index (χ0n) is 16.5. The van der Waals surface area contributed by atoms with Crippen LogP contribution in [0.15, 0.2) is 71.2 Å². The zero-order chi connectivity index (χ0) is 21.3. The van der Waals surface area contributed by atoms with E-state index >= 15 is 0 Å². The second-order valence-electron chi connectivity index (χ2n) is 6.87. The van der Waals surface area contributed by atoms with E-state index in [2.05, 4.69) is 9.97 Å². The number of methoxy groups -OCH3 is 1. The molecule has 0 radical (unpaired) electrons. The third-order valence-electron chi connectivity index (χ3n) is 5.04. The summed E-state index contributed by atoms with van der Waals surface area (Å²) in [4.78, 5) is 34.6. The molecule has 8 heteroatoms. The number of pyridine rings is 3. The number of nitrogens with two attached hydrogens (primary N) is 1. The van der Waals surface area contributed by atoms with E-state index in [1.54, 1.807) is 41.4 Å². The highest BCUT2D eigenvalue weighted by Gasteiger charge is 2.38. The first-order valence-electron chi connectivity index (χ1n) is 9.31. The summed E-state index contributed by atoms with van der Waals surface area (Å²) in [6, 6.07) is 10.8. The summed E-state index contributed by atoms with van der Waals surface area (Å²) in [5, 5.41) is 0. The Morgan fingerprint density at radius 1 is 1.27 bits per heavy atom. The van der Waals surface area contributed by atoms with E-state index < -0.39 is 11.9 Å². The number of aromatic nitrogens is 3. The molecule has 8 nitrogen and oxygen atoms in total. The van der Waals surface area contributed by atoms with Gasteiger partial charge in [-0.15, -0.1) is 0 Å². The Bertz CT molecular complexity index is 1190. The standard InChI is InChI=1S/C22H20N4O4/c1-13-10-16-18(21(27)26(13)12-15-7-3-4-9-25-15)17(14-6-5-8-24-11-14)19(20(23)30-16)22(28)29-2/h3-11,17H,12,23H2,1-2H3/t17-/m1/s1. The van der Waals surface area contributed by atoms with E-state index in [1.807, 2.05) is 25.1 Å². The fraction of sp³-hybridized carbons (Fsp3) is 0.182. The number of ether oxygens (including phenoxy) is 2. The molecule has 4 rings (SSSR count). The average Bonchev–Trinajstić information content (AvgIpc) is 2.76. The van der Waals surface area contributed by atoms with Crippen LogP contribution in [0, 0.1) is 6.92 Å². The summed E-state index contributed by atoms with van der Waals surface area (Å²) in [6.45, 7) is 2.09. The molecule has 0 bridgehead atoms. The van der Waals surface area contributed by atoms with Crippen molar-refractivity contribution < 1.29 is 14.3 Å². The highest BCUT2D eigenvalue weighted by atomic mass is 16.5. The van der Waals surface area contributed by atoms with Gasteiger partial charge in [0.15, 0.2) is 0 Å². The molecule has 3 aromatic heterocycles. The molecule has 30 heavy (non-hydrogen) atoms. The first-order chi connectivity index (χ1) is 14.5. The topological polar surface area (TPSA) is 109 Å². The maximum Gasteiger partial charge on any atom is 0.340 e. The van der Waals surface area contributed by atoms with Gasteiger partial charge in [0.25, 0.3) is 5.56 Å². The minimum absolute atomic E-state index is 0.0725. The number of esters is 1. The minimum atomic E-state index is -0.766. The van der Waals surface area contributed by atoms with Crippen molar-refractivity contribution in [3.05, 3.63) is 99.3 Å². The molecular formula is C22H20N4O4. The van der Waals surface area contributed by atoms with Crippen LogP contribution in [-0.2, 0) is 16.1 Å². The molecule has 0 amide bonds.